The van der Waals surface area contributed by atoms with Crippen molar-refractivity contribution in [3.05, 3.63) is 58.1 Å². The van der Waals surface area contributed by atoms with Gasteiger partial charge in [0.25, 0.3) is 5.91 Å². The lowest BCUT2D eigenvalue weighted by atomic mass is 10.0. The second-order valence-electron chi connectivity index (χ2n) is 8.23. The summed E-state index contributed by atoms with van der Waals surface area (Å²) < 4.78 is 5.91. The van der Waals surface area contributed by atoms with Crippen molar-refractivity contribution >= 4 is 35.0 Å². The number of hydrogen-bond donors (Lipinski definition) is 1. The minimum Gasteiger partial charge on any atom is -0.455 e. The first-order valence-electron chi connectivity index (χ1n) is 10.8. The highest BCUT2D eigenvalue weighted by Crippen LogP contribution is 2.33. The van der Waals surface area contributed by atoms with Crippen LogP contribution >= 0.6 is 23.2 Å². The van der Waals surface area contributed by atoms with Crippen molar-refractivity contribution in [2.24, 2.45) is 5.92 Å². The summed E-state index contributed by atoms with van der Waals surface area (Å²) in [6.07, 6.45) is 5.87. The minimum atomic E-state index is -0.193. The Morgan fingerprint density at radius 2 is 1.65 bits per heavy atom. The predicted molar refractivity (Wildman–Crippen MR) is 122 cm³/mol. The molecule has 1 N–H and O–H groups in total. The first kappa shape index (κ1) is 22.0. The van der Waals surface area contributed by atoms with Crippen molar-refractivity contribution in [3.8, 4) is 11.5 Å². The number of para-hydroxylation sites is 1. The van der Waals surface area contributed by atoms with Crippen LogP contribution in [-0.4, -0.2) is 35.8 Å². The number of likely N-dealkylation sites (tertiary alicyclic amines) is 1. The van der Waals surface area contributed by atoms with Crippen LogP contribution in [0.3, 0.4) is 0 Å². The zero-order valence-corrected chi connectivity index (χ0v) is 18.8. The third-order valence-electron chi connectivity index (χ3n) is 6.09. The Morgan fingerprint density at radius 3 is 2.35 bits per heavy atom. The maximum absolute atomic E-state index is 13.0. The van der Waals surface area contributed by atoms with Gasteiger partial charge in [-0.2, -0.15) is 0 Å². The molecule has 5 nitrogen and oxygen atoms in total. The highest BCUT2D eigenvalue weighted by Gasteiger charge is 2.30. The molecule has 2 aromatic rings. The molecule has 7 heteroatoms. The lowest BCUT2D eigenvalue weighted by Crippen LogP contribution is -2.47. The summed E-state index contributed by atoms with van der Waals surface area (Å²) in [5.74, 6) is 1.17. The second kappa shape index (κ2) is 9.92. The van der Waals surface area contributed by atoms with Crippen LogP contribution in [-0.2, 0) is 4.79 Å². The molecule has 2 aromatic carbocycles. The van der Waals surface area contributed by atoms with Crippen molar-refractivity contribution < 1.29 is 14.3 Å². The maximum atomic E-state index is 13.0. The van der Waals surface area contributed by atoms with Gasteiger partial charge in [0.05, 0.1) is 10.6 Å². The summed E-state index contributed by atoms with van der Waals surface area (Å²) in [6.45, 7) is 1.39. The second-order valence-corrected chi connectivity index (χ2v) is 9.07. The lowest BCUT2D eigenvalue weighted by molar-refractivity contribution is -0.136. The molecule has 164 valence electrons. The number of ether oxygens (including phenoxy) is 1. The SMILES string of the molecule is O=C(NC1CCN(C(=O)C2CCCC2)CC1)c1ccccc1Oc1ccc(Cl)cc1Cl. The topological polar surface area (TPSA) is 58.6 Å². The predicted octanol–water partition coefficient (Wildman–Crippen LogP) is 5.70. The molecule has 0 spiro atoms. The summed E-state index contributed by atoms with van der Waals surface area (Å²) in [4.78, 5) is 27.6. The molecule has 1 aliphatic carbocycles. The van der Waals surface area contributed by atoms with Crippen molar-refractivity contribution in [1.29, 1.82) is 0 Å². The van der Waals surface area contributed by atoms with Gasteiger partial charge in [-0.3, -0.25) is 9.59 Å². The fourth-order valence-electron chi connectivity index (χ4n) is 4.36. The van der Waals surface area contributed by atoms with Crippen LogP contribution in [0.1, 0.15) is 48.9 Å². The minimum absolute atomic E-state index is 0.0345. The van der Waals surface area contributed by atoms with E-state index in [1.54, 1.807) is 36.4 Å². The van der Waals surface area contributed by atoms with Crippen LogP contribution in [0.15, 0.2) is 42.5 Å². The first-order chi connectivity index (χ1) is 15.0. The van der Waals surface area contributed by atoms with Crippen LogP contribution in [0.25, 0.3) is 0 Å². The van der Waals surface area contributed by atoms with Gasteiger partial charge in [-0.15, -0.1) is 0 Å². The molecule has 0 aromatic heterocycles. The quantitative estimate of drug-likeness (QED) is 0.622. The molecule has 1 saturated carbocycles. The van der Waals surface area contributed by atoms with Gasteiger partial charge >= 0.3 is 0 Å². The maximum Gasteiger partial charge on any atom is 0.255 e. The van der Waals surface area contributed by atoms with Crippen LogP contribution in [0.5, 0.6) is 11.5 Å². The van der Waals surface area contributed by atoms with E-state index in [9.17, 15) is 9.59 Å². The number of carbonyl (C=O) groups excluding carboxylic acids is 2. The number of benzene rings is 2. The fourth-order valence-corrected chi connectivity index (χ4v) is 4.81. The number of hydrogen-bond acceptors (Lipinski definition) is 3. The largest absolute Gasteiger partial charge is 0.455 e. The number of carbonyl (C=O) groups is 2. The Hall–Kier alpha value is -2.24. The van der Waals surface area contributed by atoms with E-state index in [1.807, 2.05) is 11.0 Å². The Bertz CT molecular complexity index is 952. The average molecular weight is 461 g/mol. The molecule has 31 heavy (non-hydrogen) atoms. The summed E-state index contributed by atoms with van der Waals surface area (Å²) in [5, 5.41) is 3.99. The molecule has 1 heterocycles. The van der Waals surface area contributed by atoms with E-state index in [1.165, 1.54) is 0 Å². The molecule has 2 aliphatic rings. The third kappa shape index (κ3) is 5.34. The zero-order chi connectivity index (χ0) is 21.8. The molecule has 2 fully saturated rings. The Morgan fingerprint density at radius 1 is 0.935 bits per heavy atom. The highest BCUT2D eigenvalue weighted by molar-refractivity contribution is 6.35. The fraction of sp³-hybridized carbons (Fsp3) is 0.417. The molecule has 4 rings (SSSR count). The van der Waals surface area contributed by atoms with Gasteiger partial charge in [0.15, 0.2) is 0 Å². The normalized spacial score (nSPS) is 17.5. The number of piperidine rings is 1. The molecular formula is C24H26Cl2N2O3. The van der Waals surface area contributed by atoms with Gasteiger partial charge in [0.2, 0.25) is 5.91 Å². The number of nitrogens with zero attached hydrogens (tertiary/aromatic N) is 1. The molecule has 0 unspecified atom stereocenters. The van der Waals surface area contributed by atoms with E-state index in [2.05, 4.69) is 5.32 Å². The first-order valence-corrected chi connectivity index (χ1v) is 11.6. The van der Waals surface area contributed by atoms with Gasteiger partial charge in [0.1, 0.15) is 11.5 Å². The van der Waals surface area contributed by atoms with Crippen molar-refractivity contribution in [1.82, 2.24) is 10.2 Å². The summed E-state index contributed by atoms with van der Waals surface area (Å²) >= 11 is 12.2. The van der Waals surface area contributed by atoms with E-state index in [0.717, 1.165) is 38.5 Å². The summed E-state index contributed by atoms with van der Waals surface area (Å²) in [6, 6.07) is 12.1. The van der Waals surface area contributed by atoms with Gasteiger partial charge in [-0.05, 0) is 56.0 Å². The Kier molecular flexibility index (Phi) is 7.03. The Balaban J connectivity index is 1.36. The van der Waals surface area contributed by atoms with Gasteiger partial charge < -0.3 is 15.0 Å². The highest BCUT2D eigenvalue weighted by atomic mass is 35.5. The van der Waals surface area contributed by atoms with Crippen LogP contribution in [0.2, 0.25) is 10.0 Å². The van der Waals surface area contributed by atoms with Crippen LogP contribution in [0.4, 0.5) is 0 Å². The van der Waals surface area contributed by atoms with E-state index >= 15 is 0 Å². The van der Waals surface area contributed by atoms with Gasteiger partial charge in [0, 0.05) is 30.1 Å². The standard InChI is InChI=1S/C24H26Cl2N2O3/c25-17-9-10-22(20(26)15-17)31-21-8-4-3-7-19(21)23(29)27-18-11-13-28(14-12-18)24(30)16-5-1-2-6-16/h3-4,7-10,15-16,18H,1-2,5-6,11-14H2,(H,27,29). The monoisotopic (exact) mass is 460 g/mol. The number of rotatable bonds is 5. The molecular weight excluding hydrogens is 435 g/mol. The number of amides is 2. The van der Waals surface area contributed by atoms with Gasteiger partial charge in [-0.1, -0.05) is 48.2 Å². The molecule has 1 aliphatic heterocycles. The van der Waals surface area contributed by atoms with Gasteiger partial charge in [-0.25, -0.2) is 0 Å². The van der Waals surface area contributed by atoms with E-state index in [-0.39, 0.29) is 17.9 Å². The molecule has 0 atom stereocenters. The van der Waals surface area contributed by atoms with Crippen molar-refractivity contribution in [2.75, 3.05) is 13.1 Å². The smallest absolute Gasteiger partial charge is 0.255 e. The van der Waals surface area contributed by atoms with E-state index < -0.39 is 0 Å². The van der Waals surface area contributed by atoms with Crippen LogP contribution < -0.4 is 10.1 Å². The van der Waals surface area contributed by atoms with Crippen molar-refractivity contribution in [2.45, 2.75) is 44.6 Å². The molecule has 0 radical (unpaired) electrons. The van der Waals surface area contributed by atoms with Crippen LogP contribution in [0, 0.1) is 5.92 Å². The van der Waals surface area contributed by atoms with Crippen molar-refractivity contribution in [3.63, 3.8) is 0 Å². The summed E-state index contributed by atoms with van der Waals surface area (Å²) in [7, 11) is 0. The average Bonchev–Trinajstić information content (AvgIpc) is 3.31. The van der Waals surface area contributed by atoms with E-state index in [0.29, 0.717) is 46.1 Å². The Labute approximate surface area is 192 Å². The molecule has 0 bridgehead atoms. The third-order valence-corrected chi connectivity index (χ3v) is 6.62. The summed E-state index contributed by atoms with van der Waals surface area (Å²) in [5.41, 5.74) is 0.443. The lowest BCUT2D eigenvalue weighted by Gasteiger charge is -2.34. The molecule has 2 amide bonds. The zero-order valence-electron chi connectivity index (χ0n) is 17.3. The molecule has 1 saturated heterocycles. The van der Waals surface area contributed by atoms with E-state index in [4.69, 9.17) is 27.9 Å². The number of nitrogens with one attached hydrogen (secondary N) is 1. The number of halogens is 2.